The van der Waals surface area contributed by atoms with Crippen molar-refractivity contribution in [1.82, 2.24) is 4.90 Å². The molecule has 0 aliphatic heterocycles. The molecule has 15 heavy (non-hydrogen) atoms. The normalized spacial score (nSPS) is 28.8. The largest absolute Gasteiger partial charge is 0.391 e. The fraction of sp³-hybridized carbons (Fsp3) is 1.00. The summed E-state index contributed by atoms with van der Waals surface area (Å²) < 4.78 is 0. The summed E-state index contributed by atoms with van der Waals surface area (Å²) in [5.41, 5.74) is 0.0949. The van der Waals surface area contributed by atoms with Crippen molar-refractivity contribution >= 4 is 0 Å². The molecule has 1 N–H and O–H groups in total. The summed E-state index contributed by atoms with van der Waals surface area (Å²) in [7, 11) is 4.30. The minimum absolute atomic E-state index is 0.0781. The van der Waals surface area contributed by atoms with Gasteiger partial charge in [-0.1, -0.05) is 25.7 Å². The molecule has 1 unspecified atom stereocenters. The van der Waals surface area contributed by atoms with Gasteiger partial charge >= 0.3 is 0 Å². The molecule has 2 fully saturated rings. The van der Waals surface area contributed by atoms with Crippen LogP contribution in [0.25, 0.3) is 0 Å². The maximum Gasteiger partial charge on any atom is 0.0751 e. The van der Waals surface area contributed by atoms with E-state index in [9.17, 15) is 5.11 Å². The van der Waals surface area contributed by atoms with E-state index in [1.807, 2.05) is 0 Å². The highest BCUT2D eigenvalue weighted by molar-refractivity contribution is 5.01. The van der Waals surface area contributed by atoms with E-state index in [-0.39, 0.29) is 11.6 Å². The molecule has 2 nitrogen and oxygen atoms in total. The fourth-order valence-electron chi connectivity index (χ4n) is 3.20. The highest BCUT2D eigenvalue weighted by Gasteiger charge is 2.46. The van der Waals surface area contributed by atoms with Gasteiger partial charge in [0, 0.05) is 5.54 Å². The lowest BCUT2D eigenvalue weighted by Crippen LogP contribution is -2.54. The summed E-state index contributed by atoms with van der Waals surface area (Å²) in [6, 6.07) is 0. The van der Waals surface area contributed by atoms with E-state index in [2.05, 4.69) is 19.0 Å². The second kappa shape index (κ2) is 4.42. The number of nitrogens with zero attached hydrogens (tertiary/aromatic N) is 1. The lowest BCUT2D eigenvalue weighted by Gasteiger charge is -2.43. The Hall–Kier alpha value is -0.0800. The smallest absolute Gasteiger partial charge is 0.0751 e. The zero-order chi connectivity index (χ0) is 10.9. The van der Waals surface area contributed by atoms with Gasteiger partial charge in [0.1, 0.15) is 0 Å². The molecule has 0 bridgehead atoms. The average Bonchev–Trinajstić information content (AvgIpc) is 3.04. The van der Waals surface area contributed by atoms with E-state index in [1.165, 1.54) is 51.4 Å². The van der Waals surface area contributed by atoms with Gasteiger partial charge in [-0.25, -0.2) is 0 Å². The number of aliphatic hydroxyl groups is 1. The van der Waals surface area contributed by atoms with E-state index >= 15 is 0 Å². The molecule has 0 heterocycles. The first-order chi connectivity index (χ1) is 7.17. The first kappa shape index (κ1) is 11.4. The van der Waals surface area contributed by atoms with Crippen molar-refractivity contribution in [2.75, 3.05) is 14.1 Å². The second-order valence-electron chi connectivity index (χ2n) is 5.69. The van der Waals surface area contributed by atoms with Gasteiger partial charge in [-0.05, 0) is 45.7 Å². The molecule has 2 heteroatoms. The highest BCUT2D eigenvalue weighted by atomic mass is 16.3. The fourth-order valence-corrected chi connectivity index (χ4v) is 3.20. The summed E-state index contributed by atoms with van der Waals surface area (Å²) in [5, 5.41) is 10.5. The Morgan fingerprint density at radius 2 is 1.60 bits per heavy atom. The minimum atomic E-state index is -0.0781. The van der Waals surface area contributed by atoms with E-state index in [4.69, 9.17) is 0 Å². The highest BCUT2D eigenvalue weighted by Crippen LogP contribution is 2.44. The van der Waals surface area contributed by atoms with Crippen molar-refractivity contribution in [3.05, 3.63) is 0 Å². The number of likely N-dealkylation sites (N-methyl/N-ethyl adjacent to an activating group) is 1. The van der Waals surface area contributed by atoms with Crippen molar-refractivity contribution in [1.29, 1.82) is 0 Å². The SMILES string of the molecule is CN(C)C1(C(O)C2CC2)CCCCCC1. The van der Waals surface area contributed by atoms with Crippen LogP contribution in [0, 0.1) is 5.92 Å². The maximum atomic E-state index is 10.5. The summed E-state index contributed by atoms with van der Waals surface area (Å²) in [4.78, 5) is 2.31. The molecular formula is C13H25NO. The molecule has 0 aromatic heterocycles. The van der Waals surface area contributed by atoms with Crippen LogP contribution >= 0.6 is 0 Å². The standard InChI is InChI=1S/C13H25NO/c1-14(2)13(12(15)11-7-8-11)9-5-3-4-6-10-13/h11-12,15H,3-10H2,1-2H3. The van der Waals surface area contributed by atoms with Crippen molar-refractivity contribution in [2.45, 2.75) is 63.0 Å². The number of aliphatic hydroxyl groups excluding tert-OH is 1. The lowest BCUT2D eigenvalue weighted by molar-refractivity contribution is -0.0303. The van der Waals surface area contributed by atoms with Gasteiger partial charge in [0.25, 0.3) is 0 Å². The third kappa shape index (κ3) is 2.21. The van der Waals surface area contributed by atoms with Gasteiger partial charge < -0.3 is 10.0 Å². The first-order valence-electron chi connectivity index (χ1n) is 6.52. The van der Waals surface area contributed by atoms with Crippen LogP contribution in [0.15, 0.2) is 0 Å². The van der Waals surface area contributed by atoms with Crippen LogP contribution in [0.5, 0.6) is 0 Å². The predicted molar refractivity (Wildman–Crippen MR) is 62.9 cm³/mol. The second-order valence-corrected chi connectivity index (χ2v) is 5.69. The van der Waals surface area contributed by atoms with Crippen molar-refractivity contribution in [2.24, 2.45) is 5.92 Å². The van der Waals surface area contributed by atoms with Gasteiger partial charge in [-0.15, -0.1) is 0 Å². The lowest BCUT2D eigenvalue weighted by atomic mass is 9.81. The maximum absolute atomic E-state index is 10.5. The average molecular weight is 211 g/mol. The number of rotatable bonds is 3. The summed E-state index contributed by atoms with van der Waals surface area (Å²) in [6.45, 7) is 0. The Bertz CT molecular complexity index is 203. The number of hydrogen-bond acceptors (Lipinski definition) is 2. The summed E-state index contributed by atoms with van der Waals surface area (Å²) in [5.74, 6) is 0.602. The minimum Gasteiger partial charge on any atom is -0.391 e. The zero-order valence-electron chi connectivity index (χ0n) is 10.2. The van der Waals surface area contributed by atoms with Crippen molar-refractivity contribution in [3.8, 4) is 0 Å². The Balaban J connectivity index is 2.12. The monoisotopic (exact) mass is 211 g/mol. The van der Waals surface area contributed by atoms with Crippen LogP contribution < -0.4 is 0 Å². The number of hydrogen-bond donors (Lipinski definition) is 1. The van der Waals surface area contributed by atoms with Crippen molar-refractivity contribution in [3.63, 3.8) is 0 Å². The van der Waals surface area contributed by atoms with Crippen LogP contribution in [-0.2, 0) is 0 Å². The molecule has 2 rings (SSSR count). The first-order valence-corrected chi connectivity index (χ1v) is 6.52. The van der Waals surface area contributed by atoms with Gasteiger partial charge in [0.2, 0.25) is 0 Å². The van der Waals surface area contributed by atoms with Crippen LogP contribution in [0.2, 0.25) is 0 Å². The molecular weight excluding hydrogens is 186 g/mol. The molecule has 88 valence electrons. The third-order valence-corrected chi connectivity index (χ3v) is 4.48. The zero-order valence-corrected chi connectivity index (χ0v) is 10.2. The van der Waals surface area contributed by atoms with Gasteiger partial charge in [-0.3, -0.25) is 0 Å². The van der Waals surface area contributed by atoms with E-state index in [0.29, 0.717) is 5.92 Å². The van der Waals surface area contributed by atoms with E-state index in [1.54, 1.807) is 0 Å². The Morgan fingerprint density at radius 1 is 1.07 bits per heavy atom. The van der Waals surface area contributed by atoms with Gasteiger partial charge in [0.05, 0.1) is 6.10 Å². The quantitative estimate of drug-likeness (QED) is 0.725. The molecule has 2 aliphatic rings. The van der Waals surface area contributed by atoms with E-state index in [0.717, 1.165) is 0 Å². The Morgan fingerprint density at radius 3 is 2.00 bits per heavy atom. The predicted octanol–water partition coefficient (Wildman–Crippen LogP) is 2.41. The van der Waals surface area contributed by atoms with Crippen LogP contribution in [0.3, 0.4) is 0 Å². The molecule has 0 radical (unpaired) electrons. The molecule has 2 saturated carbocycles. The van der Waals surface area contributed by atoms with E-state index < -0.39 is 0 Å². The van der Waals surface area contributed by atoms with Crippen molar-refractivity contribution < 1.29 is 5.11 Å². The molecule has 0 saturated heterocycles. The molecule has 1 atom stereocenters. The van der Waals surface area contributed by atoms with Crippen LogP contribution in [-0.4, -0.2) is 35.7 Å². The van der Waals surface area contributed by atoms with Gasteiger partial charge in [0.15, 0.2) is 0 Å². The molecule has 0 aromatic rings. The van der Waals surface area contributed by atoms with Crippen LogP contribution in [0.4, 0.5) is 0 Å². The topological polar surface area (TPSA) is 23.5 Å². The summed E-state index contributed by atoms with van der Waals surface area (Å²) >= 11 is 0. The molecule has 0 aromatic carbocycles. The molecule has 0 amide bonds. The Kier molecular flexibility index (Phi) is 3.36. The van der Waals surface area contributed by atoms with Gasteiger partial charge in [-0.2, -0.15) is 0 Å². The summed E-state index contributed by atoms with van der Waals surface area (Å²) in [6.07, 6.45) is 10.1. The molecule has 2 aliphatic carbocycles. The molecule has 0 spiro atoms. The van der Waals surface area contributed by atoms with Crippen LogP contribution in [0.1, 0.15) is 51.4 Å². The third-order valence-electron chi connectivity index (χ3n) is 4.48. The Labute approximate surface area is 93.7 Å².